The number of rotatable bonds is 2. The van der Waals surface area contributed by atoms with Crippen LogP contribution in [0.2, 0.25) is 0 Å². The van der Waals surface area contributed by atoms with Crippen molar-refractivity contribution < 1.29 is 4.74 Å². The number of nitrogens with one attached hydrogen (secondary N) is 1. The highest BCUT2D eigenvalue weighted by Gasteiger charge is 2.51. The molecule has 1 fully saturated rings. The van der Waals surface area contributed by atoms with Crippen LogP contribution in [-0.4, -0.2) is 62.9 Å². The first-order valence-corrected chi connectivity index (χ1v) is 9.75. The number of aryl methyl sites for hydroxylation is 1. The van der Waals surface area contributed by atoms with Gasteiger partial charge >= 0.3 is 0 Å². The van der Waals surface area contributed by atoms with Gasteiger partial charge in [0.25, 0.3) is 0 Å². The maximum Gasteiger partial charge on any atom is 0.229 e. The second kappa shape index (κ2) is 5.86. The number of anilines is 4. The zero-order valence-electron chi connectivity index (χ0n) is 16.3. The Hall–Kier alpha value is -3.27. The fraction of sp³-hybridized carbons (Fsp3) is 0.421. The van der Waals surface area contributed by atoms with Crippen LogP contribution >= 0.6 is 0 Å². The van der Waals surface area contributed by atoms with Gasteiger partial charge in [-0.2, -0.15) is 10.1 Å². The molecule has 1 spiro atoms. The predicted molar refractivity (Wildman–Crippen MR) is 109 cm³/mol. The SMILES string of the molecule is Cc1cc2ncnn2cc1Nc1ncc2c(n1)N1C(=NCC13CCOCC3)N2C. The molecule has 3 aromatic heterocycles. The van der Waals surface area contributed by atoms with E-state index in [0.717, 1.165) is 67.0 Å². The van der Waals surface area contributed by atoms with E-state index in [1.807, 2.05) is 32.4 Å². The maximum atomic E-state index is 5.61. The van der Waals surface area contributed by atoms with Crippen LogP contribution in [0.15, 0.2) is 29.8 Å². The third-order valence-electron chi connectivity index (χ3n) is 6.10. The van der Waals surface area contributed by atoms with Crippen molar-refractivity contribution in [3.05, 3.63) is 30.4 Å². The molecule has 29 heavy (non-hydrogen) atoms. The molecule has 3 aliphatic heterocycles. The molecule has 0 amide bonds. The minimum absolute atomic E-state index is 0.0473. The second-order valence-electron chi connectivity index (χ2n) is 7.81. The smallest absolute Gasteiger partial charge is 0.229 e. The number of pyridine rings is 1. The van der Waals surface area contributed by atoms with Crippen molar-refractivity contribution in [2.45, 2.75) is 25.3 Å². The van der Waals surface area contributed by atoms with Crippen molar-refractivity contribution in [2.24, 2.45) is 4.99 Å². The summed E-state index contributed by atoms with van der Waals surface area (Å²) < 4.78 is 7.35. The quantitative estimate of drug-likeness (QED) is 0.706. The molecule has 0 atom stereocenters. The van der Waals surface area contributed by atoms with E-state index in [9.17, 15) is 0 Å². The molecule has 0 saturated carbocycles. The number of hydrogen-bond donors (Lipinski definition) is 1. The Morgan fingerprint density at radius 2 is 2.07 bits per heavy atom. The van der Waals surface area contributed by atoms with Gasteiger partial charge in [0.1, 0.15) is 12.0 Å². The first-order valence-electron chi connectivity index (χ1n) is 9.75. The molecule has 1 N–H and O–H groups in total. The van der Waals surface area contributed by atoms with Crippen LogP contribution in [-0.2, 0) is 4.74 Å². The molecular weight excluding hydrogens is 370 g/mol. The van der Waals surface area contributed by atoms with Crippen molar-refractivity contribution in [3.8, 4) is 0 Å². The van der Waals surface area contributed by atoms with E-state index < -0.39 is 0 Å². The van der Waals surface area contributed by atoms with Gasteiger partial charge in [-0.1, -0.05) is 0 Å². The Bertz CT molecular complexity index is 1150. The van der Waals surface area contributed by atoms with Crippen molar-refractivity contribution in [1.29, 1.82) is 0 Å². The van der Waals surface area contributed by atoms with Gasteiger partial charge in [0.15, 0.2) is 11.5 Å². The molecule has 10 nitrogen and oxygen atoms in total. The van der Waals surface area contributed by atoms with Gasteiger partial charge in [0, 0.05) is 20.3 Å². The van der Waals surface area contributed by atoms with E-state index in [2.05, 4.69) is 30.2 Å². The van der Waals surface area contributed by atoms with Crippen molar-refractivity contribution in [2.75, 3.05) is 41.9 Å². The third kappa shape index (κ3) is 2.35. The Morgan fingerprint density at radius 1 is 1.21 bits per heavy atom. The van der Waals surface area contributed by atoms with Gasteiger partial charge < -0.3 is 15.0 Å². The minimum Gasteiger partial charge on any atom is -0.381 e. The van der Waals surface area contributed by atoms with Crippen LogP contribution in [0.5, 0.6) is 0 Å². The zero-order chi connectivity index (χ0) is 19.6. The highest BCUT2D eigenvalue weighted by molar-refractivity contribution is 6.17. The molecular formula is C19H21N9O. The summed E-state index contributed by atoms with van der Waals surface area (Å²) in [7, 11) is 2.02. The fourth-order valence-electron chi connectivity index (χ4n) is 4.42. The molecule has 10 heteroatoms. The summed E-state index contributed by atoms with van der Waals surface area (Å²) in [5, 5.41) is 7.56. The molecule has 0 aliphatic carbocycles. The Morgan fingerprint density at radius 3 is 2.93 bits per heavy atom. The van der Waals surface area contributed by atoms with E-state index in [-0.39, 0.29) is 5.54 Å². The Kier molecular flexibility index (Phi) is 3.37. The average molecular weight is 391 g/mol. The lowest BCUT2D eigenvalue weighted by Crippen LogP contribution is -2.53. The minimum atomic E-state index is -0.0473. The lowest BCUT2D eigenvalue weighted by atomic mass is 9.89. The highest BCUT2D eigenvalue weighted by Crippen LogP contribution is 2.45. The fourth-order valence-corrected chi connectivity index (χ4v) is 4.42. The lowest BCUT2D eigenvalue weighted by molar-refractivity contribution is 0.0594. The number of aliphatic imine (C=N–C) groups is 1. The zero-order valence-corrected chi connectivity index (χ0v) is 16.3. The lowest BCUT2D eigenvalue weighted by Gasteiger charge is -2.39. The van der Waals surface area contributed by atoms with Gasteiger partial charge in [-0.15, -0.1) is 0 Å². The number of nitrogens with zero attached hydrogens (tertiary/aromatic N) is 8. The summed E-state index contributed by atoms with van der Waals surface area (Å²) in [6, 6.07) is 1.98. The van der Waals surface area contributed by atoms with Gasteiger partial charge in [0.05, 0.1) is 30.2 Å². The van der Waals surface area contributed by atoms with Crippen LogP contribution < -0.4 is 15.1 Å². The molecule has 0 radical (unpaired) electrons. The normalized spacial score (nSPS) is 19.6. The van der Waals surface area contributed by atoms with Crippen molar-refractivity contribution in [3.63, 3.8) is 0 Å². The van der Waals surface area contributed by atoms with Crippen LogP contribution in [0.4, 0.5) is 23.1 Å². The number of hydrogen-bond acceptors (Lipinski definition) is 9. The molecule has 0 bridgehead atoms. The third-order valence-corrected chi connectivity index (χ3v) is 6.10. The summed E-state index contributed by atoms with van der Waals surface area (Å²) in [5.41, 5.74) is 3.68. The van der Waals surface area contributed by atoms with E-state index in [1.165, 1.54) is 0 Å². The van der Waals surface area contributed by atoms with E-state index in [0.29, 0.717) is 5.95 Å². The molecule has 6 heterocycles. The van der Waals surface area contributed by atoms with E-state index in [4.69, 9.17) is 14.7 Å². The number of fused-ring (bicyclic) bond motifs is 5. The van der Waals surface area contributed by atoms with Gasteiger partial charge in [-0.05, 0) is 31.4 Å². The standard InChI is InChI=1S/C19H21N9O/c1-12-7-15-22-11-23-27(15)9-13(12)24-17-20-8-14-16(25-17)28-18(26(14)2)21-10-19(28)3-5-29-6-4-19/h7-9,11H,3-6,10H2,1-2H3,(H,20,24,25). The number of guanidine groups is 1. The maximum absolute atomic E-state index is 5.61. The van der Waals surface area contributed by atoms with E-state index in [1.54, 1.807) is 10.8 Å². The largest absolute Gasteiger partial charge is 0.381 e. The van der Waals surface area contributed by atoms with Crippen LogP contribution in [0.25, 0.3) is 5.65 Å². The summed E-state index contributed by atoms with van der Waals surface area (Å²) in [4.78, 5) is 22.9. The number of aromatic nitrogens is 5. The van der Waals surface area contributed by atoms with E-state index >= 15 is 0 Å². The van der Waals surface area contributed by atoms with Crippen LogP contribution in [0.1, 0.15) is 18.4 Å². The molecule has 3 aliphatic rings. The second-order valence-corrected chi connectivity index (χ2v) is 7.81. The molecule has 3 aromatic rings. The monoisotopic (exact) mass is 391 g/mol. The van der Waals surface area contributed by atoms with Gasteiger partial charge in [-0.3, -0.25) is 4.90 Å². The number of ether oxygens (including phenoxy) is 1. The van der Waals surface area contributed by atoms with Gasteiger partial charge in [-0.25, -0.2) is 19.5 Å². The van der Waals surface area contributed by atoms with Crippen molar-refractivity contribution in [1.82, 2.24) is 24.6 Å². The first-order chi connectivity index (χ1) is 14.1. The van der Waals surface area contributed by atoms with Crippen LogP contribution in [0, 0.1) is 6.92 Å². The topological polar surface area (TPSA) is 96.1 Å². The Labute approximate surface area is 167 Å². The summed E-state index contributed by atoms with van der Waals surface area (Å²) in [6.45, 7) is 4.32. The molecule has 1 saturated heterocycles. The van der Waals surface area contributed by atoms with Crippen LogP contribution in [0.3, 0.4) is 0 Å². The van der Waals surface area contributed by atoms with Crippen molar-refractivity contribution >= 4 is 34.7 Å². The summed E-state index contributed by atoms with van der Waals surface area (Å²) in [6.07, 6.45) is 7.21. The highest BCUT2D eigenvalue weighted by atomic mass is 16.5. The summed E-state index contributed by atoms with van der Waals surface area (Å²) in [5.74, 6) is 2.41. The molecule has 148 valence electrons. The Balaban J connectivity index is 1.39. The first kappa shape index (κ1) is 16.7. The average Bonchev–Trinajstić information content (AvgIpc) is 3.39. The molecule has 6 rings (SSSR count). The predicted octanol–water partition coefficient (Wildman–Crippen LogP) is 1.75. The molecule has 0 unspecified atom stereocenters. The summed E-state index contributed by atoms with van der Waals surface area (Å²) >= 11 is 0. The van der Waals surface area contributed by atoms with Gasteiger partial charge in [0.2, 0.25) is 11.9 Å². The molecule has 0 aromatic carbocycles.